The minimum atomic E-state index is -4.63. The number of halogens is 4. The highest BCUT2D eigenvalue weighted by atomic mass is 35.5. The van der Waals surface area contributed by atoms with Crippen molar-refractivity contribution in [2.75, 3.05) is 0 Å². The molecular weight excluding hydrogens is 407 g/mol. The van der Waals surface area contributed by atoms with Crippen LogP contribution in [0.2, 0.25) is 5.02 Å². The van der Waals surface area contributed by atoms with Gasteiger partial charge in [0.1, 0.15) is 12.4 Å². The Labute approximate surface area is 160 Å². The molecule has 0 fully saturated rings. The third-order valence-corrected chi connectivity index (χ3v) is 4.29. The zero-order valence-electron chi connectivity index (χ0n) is 14.4. The van der Waals surface area contributed by atoms with E-state index in [1.807, 2.05) is 0 Å². The second-order valence-corrected chi connectivity index (χ2v) is 6.16. The van der Waals surface area contributed by atoms with Crippen LogP contribution >= 0.6 is 11.6 Å². The summed E-state index contributed by atoms with van der Waals surface area (Å²) in [6, 6.07) is 0. The maximum atomic E-state index is 12.8. The molecule has 14 heteroatoms. The fraction of sp³-hybridized carbons (Fsp3) is 0.429. The molecule has 3 heterocycles. The molecule has 0 aromatic carbocycles. The van der Waals surface area contributed by atoms with Crippen molar-refractivity contribution in [1.82, 2.24) is 29.8 Å². The molecule has 0 saturated carbocycles. The number of nitrogens with zero attached hydrogens (tertiary/aromatic N) is 7. The number of aromatic nitrogens is 6. The van der Waals surface area contributed by atoms with Crippen LogP contribution in [-0.4, -0.2) is 34.7 Å². The lowest BCUT2D eigenvalue weighted by molar-refractivity contribution is -0.385. The van der Waals surface area contributed by atoms with Crippen LogP contribution in [0.1, 0.15) is 23.2 Å². The summed E-state index contributed by atoms with van der Waals surface area (Å²) in [6.45, 7) is 1.81. The summed E-state index contributed by atoms with van der Waals surface area (Å²) < 4.78 is 46.4. The van der Waals surface area contributed by atoms with Crippen molar-refractivity contribution in [2.45, 2.75) is 39.0 Å². The fourth-order valence-corrected chi connectivity index (χ4v) is 2.64. The summed E-state index contributed by atoms with van der Waals surface area (Å²) in [6.07, 6.45) is -1.77. The molecule has 0 unspecified atom stereocenters. The molecule has 3 aromatic rings. The molecule has 0 aliphatic heterocycles. The molecule has 0 atom stereocenters. The van der Waals surface area contributed by atoms with Gasteiger partial charge in [0.25, 0.3) is 0 Å². The van der Waals surface area contributed by atoms with Crippen LogP contribution in [0.25, 0.3) is 0 Å². The van der Waals surface area contributed by atoms with Crippen LogP contribution < -0.4 is 0 Å². The van der Waals surface area contributed by atoms with Gasteiger partial charge in [0.15, 0.2) is 5.69 Å². The minimum Gasteiger partial charge on any atom is -0.425 e. The molecule has 3 rings (SSSR count). The minimum absolute atomic E-state index is 0.0780. The third kappa shape index (κ3) is 4.30. The van der Waals surface area contributed by atoms with Crippen LogP contribution in [-0.2, 0) is 32.1 Å². The Hall–Kier alpha value is -2.96. The Morgan fingerprint density at radius 2 is 1.89 bits per heavy atom. The van der Waals surface area contributed by atoms with Gasteiger partial charge in [-0.3, -0.25) is 19.5 Å². The number of nitro groups is 1. The van der Waals surface area contributed by atoms with E-state index in [-0.39, 0.29) is 49.1 Å². The van der Waals surface area contributed by atoms with Gasteiger partial charge in [-0.1, -0.05) is 11.6 Å². The Balaban J connectivity index is 1.58. The van der Waals surface area contributed by atoms with Crippen molar-refractivity contribution in [2.24, 2.45) is 0 Å². The number of rotatable bonds is 7. The molecule has 0 aliphatic rings. The first-order valence-corrected chi connectivity index (χ1v) is 8.31. The average molecular weight is 420 g/mol. The second-order valence-electron chi connectivity index (χ2n) is 5.78. The molecule has 150 valence electrons. The van der Waals surface area contributed by atoms with E-state index in [0.717, 1.165) is 10.9 Å². The van der Waals surface area contributed by atoms with E-state index < -0.39 is 21.8 Å². The van der Waals surface area contributed by atoms with E-state index in [4.69, 9.17) is 16.0 Å². The highest BCUT2D eigenvalue weighted by Gasteiger charge is 2.38. The predicted molar refractivity (Wildman–Crippen MR) is 87.6 cm³/mol. The summed E-state index contributed by atoms with van der Waals surface area (Å²) in [5.41, 5.74) is -1.07. The quantitative estimate of drug-likeness (QED) is 0.426. The summed E-state index contributed by atoms with van der Waals surface area (Å²) in [5, 5.41) is 25.2. The maximum absolute atomic E-state index is 12.8. The monoisotopic (exact) mass is 419 g/mol. The highest BCUT2D eigenvalue weighted by Crippen LogP contribution is 2.35. The van der Waals surface area contributed by atoms with E-state index >= 15 is 0 Å². The highest BCUT2D eigenvalue weighted by molar-refractivity contribution is 6.31. The standard InChI is InChI=1S/C14H13ClF3N7O3/c1-8-12(15)13(14(16,17)18)22-24(8)5-3-11-21-20-10(28-11)2-4-23-7-9(6-19-23)25(26)27/h6-7H,2-5H2,1H3. The van der Waals surface area contributed by atoms with Crippen LogP contribution in [0.4, 0.5) is 18.9 Å². The van der Waals surface area contributed by atoms with E-state index in [1.54, 1.807) is 0 Å². The normalized spacial score (nSPS) is 11.9. The molecular formula is C14H13ClF3N7O3. The van der Waals surface area contributed by atoms with Crippen LogP contribution in [0.15, 0.2) is 16.8 Å². The lowest BCUT2D eigenvalue weighted by Gasteiger charge is -2.02. The van der Waals surface area contributed by atoms with Gasteiger partial charge in [0.2, 0.25) is 11.8 Å². The zero-order valence-corrected chi connectivity index (χ0v) is 15.1. The van der Waals surface area contributed by atoms with Gasteiger partial charge in [-0.2, -0.15) is 23.4 Å². The van der Waals surface area contributed by atoms with E-state index in [2.05, 4.69) is 20.4 Å². The molecule has 0 saturated heterocycles. The van der Waals surface area contributed by atoms with E-state index in [9.17, 15) is 23.3 Å². The Morgan fingerprint density at radius 1 is 1.25 bits per heavy atom. The van der Waals surface area contributed by atoms with Gasteiger partial charge >= 0.3 is 11.9 Å². The van der Waals surface area contributed by atoms with Crippen molar-refractivity contribution in [3.05, 3.63) is 50.7 Å². The zero-order chi connectivity index (χ0) is 20.5. The average Bonchev–Trinajstić information content (AvgIpc) is 3.32. The first-order valence-electron chi connectivity index (χ1n) is 7.93. The number of hydrogen-bond donors (Lipinski definition) is 0. The summed E-state index contributed by atoms with van der Waals surface area (Å²) in [4.78, 5) is 10.1. The fourth-order valence-electron chi connectivity index (χ4n) is 2.39. The van der Waals surface area contributed by atoms with Gasteiger partial charge < -0.3 is 4.42 Å². The largest absolute Gasteiger partial charge is 0.436 e. The molecule has 0 aliphatic carbocycles. The molecule has 3 aromatic heterocycles. The molecule has 0 bridgehead atoms. The van der Waals surface area contributed by atoms with Crippen molar-refractivity contribution in [3.63, 3.8) is 0 Å². The first-order chi connectivity index (χ1) is 13.1. The van der Waals surface area contributed by atoms with Gasteiger partial charge in [-0.15, -0.1) is 10.2 Å². The molecule has 10 nitrogen and oxygen atoms in total. The van der Waals surface area contributed by atoms with Crippen molar-refractivity contribution < 1.29 is 22.5 Å². The Morgan fingerprint density at radius 3 is 2.43 bits per heavy atom. The lowest BCUT2D eigenvalue weighted by Crippen LogP contribution is -2.10. The SMILES string of the molecule is Cc1c(Cl)c(C(F)(F)F)nn1CCc1nnc(CCn2cc([N+](=O)[O-])cn2)o1. The number of alkyl halides is 3. The first kappa shape index (κ1) is 19.8. The third-order valence-electron chi connectivity index (χ3n) is 3.83. The number of aryl methyl sites for hydroxylation is 4. The Kier molecular flexibility index (Phi) is 5.36. The van der Waals surface area contributed by atoms with Crippen molar-refractivity contribution >= 4 is 17.3 Å². The van der Waals surface area contributed by atoms with Crippen LogP contribution in [0.5, 0.6) is 0 Å². The van der Waals surface area contributed by atoms with Gasteiger partial charge in [0.05, 0.1) is 15.6 Å². The van der Waals surface area contributed by atoms with Crippen LogP contribution in [0, 0.1) is 17.0 Å². The van der Waals surface area contributed by atoms with Gasteiger partial charge in [-0.05, 0) is 6.92 Å². The summed E-state index contributed by atoms with van der Waals surface area (Å²) >= 11 is 5.70. The van der Waals surface area contributed by atoms with E-state index in [0.29, 0.717) is 0 Å². The number of hydrogen-bond acceptors (Lipinski definition) is 7. The van der Waals surface area contributed by atoms with Crippen LogP contribution in [0.3, 0.4) is 0 Å². The van der Waals surface area contributed by atoms with E-state index in [1.165, 1.54) is 17.8 Å². The van der Waals surface area contributed by atoms with Crippen molar-refractivity contribution in [1.29, 1.82) is 0 Å². The van der Waals surface area contributed by atoms with Crippen molar-refractivity contribution in [3.8, 4) is 0 Å². The van der Waals surface area contributed by atoms with Gasteiger partial charge in [0, 0.05) is 25.9 Å². The predicted octanol–water partition coefficient (Wildman–Crippen LogP) is 2.84. The Bertz CT molecular complexity index is 995. The maximum Gasteiger partial charge on any atom is 0.436 e. The molecule has 0 radical (unpaired) electrons. The smallest absolute Gasteiger partial charge is 0.425 e. The van der Waals surface area contributed by atoms with Gasteiger partial charge in [-0.25, -0.2) is 0 Å². The molecule has 0 spiro atoms. The topological polar surface area (TPSA) is 118 Å². The second kappa shape index (κ2) is 7.58. The molecule has 0 N–H and O–H groups in total. The lowest BCUT2D eigenvalue weighted by atomic mass is 10.3. The summed E-state index contributed by atoms with van der Waals surface area (Å²) in [7, 11) is 0. The molecule has 28 heavy (non-hydrogen) atoms. The summed E-state index contributed by atoms with van der Waals surface area (Å²) in [5.74, 6) is 0.500. The molecule has 0 amide bonds.